The lowest BCUT2D eigenvalue weighted by atomic mass is 9.98. The quantitative estimate of drug-likeness (QED) is 0.887. The Morgan fingerprint density at radius 3 is 3.00 bits per heavy atom. The molecule has 0 unspecified atom stereocenters. The van der Waals surface area contributed by atoms with E-state index in [4.69, 9.17) is 0 Å². The number of aromatic nitrogens is 2. The molecule has 0 saturated heterocycles. The average Bonchev–Trinajstić information content (AvgIpc) is 3.09. The molecular weight excluding hydrogens is 300 g/mol. The van der Waals surface area contributed by atoms with Crippen LogP contribution in [0.5, 0.6) is 0 Å². The molecule has 3 rings (SSSR count). The van der Waals surface area contributed by atoms with Crippen LogP contribution in [-0.4, -0.2) is 40.0 Å². The summed E-state index contributed by atoms with van der Waals surface area (Å²) in [5.41, 5.74) is 1.15. The molecule has 0 fully saturated rings. The summed E-state index contributed by atoms with van der Waals surface area (Å²) >= 11 is 0. The van der Waals surface area contributed by atoms with Crippen molar-refractivity contribution in [3.05, 3.63) is 54.1 Å². The van der Waals surface area contributed by atoms with Crippen molar-refractivity contribution in [2.75, 3.05) is 13.6 Å². The van der Waals surface area contributed by atoms with E-state index in [1.807, 2.05) is 56.7 Å². The summed E-state index contributed by atoms with van der Waals surface area (Å²) in [4.78, 5) is 18.8. The lowest BCUT2D eigenvalue weighted by Crippen LogP contribution is -2.44. The zero-order valence-corrected chi connectivity index (χ0v) is 14.5. The first-order valence-electron chi connectivity index (χ1n) is 8.68. The van der Waals surface area contributed by atoms with Gasteiger partial charge in [-0.15, -0.1) is 0 Å². The summed E-state index contributed by atoms with van der Waals surface area (Å²) in [5, 5.41) is 3.40. The van der Waals surface area contributed by atoms with Gasteiger partial charge in [0, 0.05) is 45.0 Å². The van der Waals surface area contributed by atoms with Crippen LogP contribution in [0.1, 0.15) is 37.1 Å². The number of rotatable bonds is 6. The fraction of sp³-hybridized carbons (Fsp3) is 0.474. The van der Waals surface area contributed by atoms with Gasteiger partial charge in [-0.1, -0.05) is 30.3 Å². The van der Waals surface area contributed by atoms with Crippen LogP contribution in [0, 0.1) is 0 Å². The first-order chi connectivity index (χ1) is 11.6. The van der Waals surface area contributed by atoms with Crippen molar-refractivity contribution in [1.29, 1.82) is 0 Å². The van der Waals surface area contributed by atoms with Crippen LogP contribution in [0.2, 0.25) is 0 Å². The molecule has 128 valence electrons. The fourth-order valence-electron chi connectivity index (χ4n) is 3.37. The van der Waals surface area contributed by atoms with Crippen LogP contribution >= 0.6 is 0 Å². The maximum atomic E-state index is 12.6. The minimum absolute atomic E-state index is 0.123. The third-order valence-corrected chi connectivity index (χ3v) is 4.74. The van der Waals surface area contributed by atoms with E-state index in [1.165, 1.54) is 6.42 Å². The van der Waals surface area contributed by atoms with Gasteiger partial charge in [-0.25, -0.2) is 4.98 Å². The third-order valence-electron chi connectivity index (χ3n) is 4.74. The fourth-order valence-corrected chi connectivity index (χ4v) is 3.37. The molecule has 2 aromatic rings. The molecule has 24 heavy (non-hydrogen) atoms. The molecule has 2 heterocycles. The van der Waals surface area contributed by atoms with E-state index >= 15 is 0 Å². The Kier molecular flexibility index (Phi) is 5.30. The SMILES string of the molecule is C[C@H](NC[C@H]1CCCn2ccnc21)C(=O)N(C)Cc1ccccc1. The first-order valence-corrected chi connectivity index (χ1v) is 8.68. The van der Waals surface area contributed by atoms with Crippen molar-refractivity contribution in [2.24, 2.45) is 0 Å². The topological polar surface area (TPSA) is 50.2 Å². The molecule has 0 radical (unpaired) electrons. The number of aryl methyl sites for hydroxylation is 1. The molecule has 1 aromatic carbocycles. The van der Waals surface area contributed by atoms with Gasteiger partial charge in [0.1, 0.15) is 5.82 Å². The van der Waals surface area contributed by atoms with Crippen molar-refractivity contribution in [1.82, 2.24) is 19.8 Å². The number of carbonyl (C=O) groups excluding carboxylic acids is 1. The number of benzene rings is 1. The Bertz CT molecular complexity index is 667. The van der Waals surface area contributed by atoms with Crippen molar-refractivity contribution in [2.45, 2.75) is 44.8 Å². The Morgan fingerprint density at radius 1 is 1.42 bits per heavy atom. The van der Waals surface area contributed by atoms with E-state index in [0.29, 0.717) is 12.5 Å². The second-order valence-electron chi connectivity index (χ2n) is 6.63. The zero-order valence-electron chi connectivity index (χ0n) is 14.5. The van der Waals surface area contributed by atoms with E-state index in [-0.39, 0.29) is 11.9 Å². The first kappa shape index (κ1) is 16.7. The van der Waals surface area contributed by atoms with Crippen LogP contribution in [0.4, 0.5) is 0 Å². The summed E-state index contributed by atoms with van der Waals surface area (Å²) in [7, 11) is 1.86. The van der Waals surface area contributed by atoms with E-state index in [1.54, 1.807) is 4.90 Å². The number of nitrogens with zero attached hydrogens (tertiary/aromatic N) is 3. The minimum Gasteiger partial charge on any atom is -0.340 e. The summed E-state index contributed by atoms with van der Waals surface area (Å²) in [6.45, 7) is 4.43. The summed E-state index contributed by atoms with van der Waals surface area (Å²) in [6, 6.07) is 9.89. The summed E-state index contributed by atoms with van der Waals surface area (Å²) in [6.07, 6.45) is 6.22. The molecule has 5 nitrogen and oxygen atoms in total. The number of amides is 1. The number of likely N-dealkylation sites (N-methyl/N-ethyl adjacent to an activating group) is 1. The monoisotopic (exact) mass is 326 g/mol. The number of hydrogen-bond acceptors (Lipinski definition) is 3. The largest absolute Gasteiger partial charge is 0.340 e. The molecular formula is C19H26N4O. The molecule has 1 aliphatic heterocycles. The minimum atomic E-state index is -0.191. The second kappa shape index (κ2) is 7.62. The Labute approximate surface area is 143 Å². The van der Waals surface area contributed by atoms with Gasteiger partial charge in [0.25, 0.3) is 0 Å². The predicted octanol–water partition coefficient (Wildman–Crippen LogP) is 2.40. The highest BCUT2D eigenvalue weighted by molar-refractivity contribution is 5.81. The zero-order chi connectivity index (χ0) is 16.9. The normalized spacial score (nSPS) is 18.0. The predicted molar refractivity (Wildman–Crippen MR) is 94.6 cm³/mol. The highest BCUT2D eigenvalue weighted by Gasteiger charge is 2.24. The molecule has 2 atom stereocenters. The average molecular weight is 326 g/mol. The molecule has 0 bridgehead atoms. The molecule has 0 spiro atoms. The number of imidazole rings is 1. The second-order valence-corrected chi connectivity index (χ2v) is 6.63. The van der Waals surface area contributed by atoms with Crippen molar-refractivity contribution < 1.29 is 4.79 Å². The smallest absolute Gasteiger partial charge is 0.239 e. The standard InChI is InChI=1S/C19H26N4O/c1-15(19(24)22(2)14-16-7-4-3-5-8-16)21-13-17-9-6-11-23-12-10-20-18(17)23/h3-5,7-8,10,12,15,17,21H,6,9,11,13-14H2,1-2H3/t15-,17+/m0/s1. The Morgan fingerprint density at radius 2 is 2.21 bits per heavy atom. The number of nitrogens with one attached hydrogen (secondary N) is 1. The van der Waals surface area contributed by atoms with E-state index in [0.717, 1.165) is 30.9 Å². The van der Waals surface area contributed by atoms with Crippen molar-refractivity contribution in [3.8, 4) is 0 Å². The van der Waals surface area contributed by atoms with Gasteiger partial charge in [-0.2, -0.15) is 0 Å². The van der Waals surface area contributed by atoms with Crippen LogP contribution in [0.15, 0.2) is 42.7 Å². The summed E-state index contributed by atoms with van der Waals surface area (Å²) in [5.74, 6) is 1.66. The van der Waals surface area contributed by atoms with Crippen LogP contribution < -0.4 is 5.32 Å². The molecule has 0 saturated carbocycles. The Balaban J connectivity index is 1.52. The van der Waals surface area contributed by atoms with Gasteiger partial charge in [0.15, 0.2) is 0 Å². The third kappa shape index (κ3) is 3.85. The number of fused-ring (bicyclic) bond motifs is 1. The molecule has 1 aliphatic rings. The number of hydrogen-bond donors (Lipinski definition) is 1. The van der Waals surface area contributed by atoms with Gasteiger partial charge in [0.05, 0.1) is 6.04 Å². The van der Waals surface area contributed by atoms with Gasteiger partial charge < -0.3 is 14.8 Å². The summed E-state index contributed by atoms with van der Waals surface area (Å²) < 4.78 is 2.23. The highest BCUT2D eigenvalue weighted by Crippen LogP contribution is 2.24. The maximum absolute atomic E-state index is 12.6. The van der Waals surface area contributed by atoms with Crippen molar-refractivity contribution in [3.63, 3.8) is 0 Å². The van der Waals surface area contributed by atoms with E-state index in [9.17, 15) is 4.79 Å². The molecule has 1 aromatic heterocycles. The van der Waals surface area contributed by atoms with Gasteiger partial charge in [-0.05, 0) is 25.3 Å². The van der Waals surface area contributed by atoms with Crippen LogP contribution in [-0.2, 0) is 17.9 Å². The van der Waals surface area contributed by atoms with Crippen LogP contribution in [0.3, 0.4) is 0 Å². The number of carbonyl (C=O) groups is 1. The highest BCUT2D eigenvalue weighted by atomic mass is 16.2. The molecule has 5 heteroatoms. The van der Waals surface area contributed by atoms with Gasteiger partial charge >= 0.3 is 0 Å². The maximum Gasteiger partial charge on any atom is 0.239 e. The van der Waals surface area contributed by atoms with Crippen LogP contribution in [0.25, 0.3) is 0 Å². The molecule has 0 aliphatic carbocycles. The van der Waals surface area contributed by atoms with E-state index in [2.05, 4.69) is 14.9 Å². The van der Waals surface area contributed by atoms with Gasteiger partial charge in [-0.3, -0.25) is 4.79 Å². The molecule has 1 amide bonds. The molecule has 1 N–H and O–H groups in total. The van der Waals surface area contributed by atoms with E-state index < -0.39 is 0 Å². The lowest BCUT2D eigenvalue weighted by Gasteiger charge is -2.27. The van der Waals surface area contributed by atoms with Crippen molar-refractivity contribution >= 4 is 5.91 Å². The Hall–Kier alpha value is -2.14. The lowest BCUT2D eigenvalue weighted by molar-refractivity contribution is -0.132. The van der Waals surface area contributed by atoms with Gasteiger partial charge in [0.2, 0.25) is 5.91 Å².